The van der Waals surface area contributed by atoms with Crippen LogP contribution in [0, 0.1) is 0 Å². The Hall–Kier alpha value is -0.800. The van der Waals surface area contributed by atoms with E-state index in [2.05, 4.69) is 37.4 Å². The second-order valence-corrected chi connectivity index (χ2v) is 8.02. The van der Waals surface area contributed by atoms with Gasteiger partial charge in [-0.15, -0.1) is 0 Å². The first-order chi connectivity index (χ1) is 12.8. The van der Waals surface area contributed by atoms with Gasteiger partial charge < -0.3 is 22.7 Å². The summed E-state index contributed by atoms with van der Waals surface area (Å²) in [5.74, 6) is 1.01. The molecule has 0 amide bonds. The van der Waals surface area contributed by atoms with Gasteiger partial charge in [0.05, 0.1) is 11.8 Å². The Morgan fingerprint density at radius 1 is 0.704 bits per heavy atom. The van der Waals surface area contributed by atoms with Gasteiger partial charge in [0.1, 0.15) is 6.20 Å². The molecule has 0 saturated heterocycles. The standard InChI is InChI=1S/C24H40N2.BrH/c1-2-3-4-5-6-7-8-9-10-11-12-13-14-17-20-26-21-22-18-15-16-19-23(22)24(26)25;/h15-16,18-19,21H,2-14,17,20,25H2,1H3;1H. The van der Waals surface area contributed by atoms with Crippen molar-refractivity contribution in [3.05, 3.63) is 34.7 Å². The summed E-state index contributed by atoms with van der Waals surface area (Å²) in [6.45, 7) is 3.43. The summed E-state index contributed by atoms with van der Waals surface area (Å²) in [7, 11) is 0. The zero-order valence-corrected chi connectivity index (χ0v) is 19.0. The molecule has 0 spiro atoms. The lowest BCUT2D eigenvalue weighted by Gasteiger charge is -2.10. The van der Waals surface area contributed by atoms with E-state index in [0.29, 0.717) is 0 Å². The minimum absolute atomic E-state index is 0. The summed E-state index contributed by atoms with van der Waals surface area (Å²) in [5, 5.41) is 2.53. The Bertz CT molecular complexity index is 611. The van der Waals surface area contributed by atoms with E-state index < -0.39 is 0 Å². The van der Waals surface area contributed by atoms with Gasteiger partial charge in [-0.2, -0.15) is 0 Å². The minimum Gasteiger partial charge on any atom is -1.00 e. The van der Waals surface area contributed by atoms with E-state index in [9.17, 15) is 0 Å². The molecule has 2 rings (SSSR count). The van der Waals surface area contributed by atoms with Crippen molar-refractivity contribution in [3.8, 4) is 0 Å². The lowest BCUT2D eigenvalue weighted by molar-refractivity contribution is -0.738. The van der Waals surface area contributed by atoms with Crippen molar-refractivity contribution in [1.82, 2.24) is 0 Å². The minimum atomic E-state index is 0. The first kappa shape index (κ1) is 24.2. The molecule has 1 unspecified atom stereocenters. The second kappa shape index (κ2) is 15.2. The molecule has 0 aliphatic carbocycles. The number of halogens is 1. The van der Waals surface area contributed by atoms with E-state index >= 15 is 0 Å². The molecule has 1 aromatic carbocycles. The maximum Gasteiger partial charge on any atom is 0.209 e. The molecule has 0 fully saturated rings. The summed E-state index contributed by atoms with van der Waals surface area (Å²) in [6, 6.07) is 8.48. The van der Waals surface area contributed by atoms with E-state index in [1.165, 1.54) is 105 Å². The number of unbranched alkanes of at least 4 members (excludes halogenated alkanes) is 13. The summed E-state index contributed by atoms with van der Waals surface area (Å²) >= 11 is 0. The number of hydrogen-bond donors (Lipinski definition) is 2. The summed E-state index contributed by atoms with van der Waals surface area (Å²) in [5.41, 5.74) is 6.29. The smallest absolute Gasteiger partial charge is 0.209 e. The molecular formula is C24H41BrN2. The molecular weight excluding hydrogens is 396 g/mol. The molecule has 27 heavy (non-hydrogen) atoms. The number of nitrogens with two attached hydrogens (primary N) is 1. The fourth-order valence-corrected chi connectivity index (χ4v) is 4.02. The number of benzene rings is 1. The SMILES string of the molecule is CCCCCCCCCCCCCCCC[NH+]1C=c2ccccc2=C1N.[Br-]. The Morgan fingerprint density at radius 3 is 1.70 bits per heavy atom. The lowest BCUT2D eigenvalue weighted by Crippen LogP contribution is -3.05. The highest BCUT2D eigenvalue weighted by molar-refractivity contribution is 5.40. The van der Waals surface area contributed by atoms with Crippen LogP contribution in [0.2, 0.25) is 0 Å². The first-order valence-electron chi connectivity index (χ1n) is 11.3. The Balaban J connectivity index is 0.00000364. The predicted molar refractivity (Wildman–Crippen MR) is 114 cm³/mol. The Kier molecular flexibility index (Phi) is 13.6. The second-order valence-electron chi connectivity index (χ2n) is 8.02. The molecule has 1 aromatic rings. The van der Waals surface area contributed by atoms with Gasteiger partial charge in [-0.3, -0.25) is 4.90 Å². The average molecular weight is 438 g/mol. The molecule has 154 valence electrons. The van der Waals surface area contributed by atoms with Crippen LogP contribution in [0.5, 0.6) is 0 Å². The quantitative estimate of drug-likeness (QED) is 0.392. The van der Waals surface area contributed by atoms with E-state index in [1.54, 1.807) is 0 Å². The summed E-state index contributed by atoms with van der Waals surface area (Å²) in [6.07, 6.45) is 22.1. The number of rotatable bonds is 15. The van der Waals surface area contributed by atoms with Crippen LogP contribution in [0.3, 0.4) is 0 Å². The number of hydrogen-bond acceptors (Lipinski definition) is 1. The van der Waals surface area contributed by atoms with Gasteiger partial charge in [-0.1, -0.05) is 96.1 Å². The highest BCUT2D eigenvalue weighted by Gasteiger charge is 2.16. The molecule has 1 atom stereocenters. The number of quaternary nitrogens is 1. The van der Waals surface area contributed by atoms with E-state index in [-0.39, 0.29) is 17.0 Å². The summed E-state index contributed by atoms with van der Waals surface area (Å²) in [4.78, 5) is 1.35. The zero-order chi connectivity index (χ0) is 18.5. The van der Waals surface area contributed by atoms with Crippen LogP contribution >= 0.6 is 0 Å². The van der Waals surface area contributed by atoms with Crippen LogP contribution in [0.25, 0.3) is 12.0 Å². The highest BCUT2D eigenvalue weighted by Crippen LogP contribution is 2.12. The van der Waals surface area contributed by atoms with Gasteiger partial charge in [0, 0.05) is 5.22 Å². The van der Waals surface area contributed by atoms with Crippen molar-refractivity contribution < 1.29 is 21.9 Å². The fraction of sp³-hybridized carbons (Fsp3) is 0.667. The number of nitrogens with one attached hydrogen (secondary N) is 1. The molecule has 3 N–H and O–H groups in total. The van der Waals surface area contributed by atoms with Crippen LogP contribution in [0.15, 0.2) is 24.3 Å². The molecule has 2 nitrogen and oxygen atoms in total. The van der Waals surface area contributed by atoms with Gasteiger partial charge in [-0.25, -0.2) is 0 Å². The van der Waals surface area contributed by atoms with E-state index in [4.69, 9.17) is 5.73 Å². The van der Waals surface area contributed by atoms with Crippen molar-refractivity contribution in [2.45, 2.75) is 96.8 Å². The molecule has 1 aliphatic rings. The predicted octanol–water partition coefficient (Wildman–Crippen LogP) is 0.833. The molecule has 1 aliphatic heterocycles. The number of fused-ring (bicyclic) bond motifs is 1. The third-order valence-electron chi connectivity index (χ3n) is 5.73. The van der Waals surface area contributed by atoms with Gasteiger partial charge in [0.2, 0.25) is 5.82 Å². The monoisotopic (exact) mass is 436 g/mol. The van der Waals surface area contributed by atoms with Crippen LogP contribution in [0.4, 0.5) is 0 Å². The first-order valence-corrected chi connectivity index (χ1v) is 11.3. The zero-order valence-electron chi connectivity index (χ0n) is 17.4. The van der Waals surface area contributed by atoms with Crippen molar-refractivity contribution >= 4 is 12.0 Å². The molecule has 0 bridgehead atoms. The molecule has 1 heterocycles. The van der Waals surface area contributed by atoms with Gasteiger partial charge in [0.15, 0.2) is 0 Å². The average Bonchev–Trinajstić information content (AvgIpc) is 2.98. The largest absolute Gasteiger partial charge is 1.00 e. The maximum absolute atomic E-state index is 6.29. The molecule has 0 radical (unpaired) electrons. The van der Waals surface area contributed by atoms with Crippen LogP contribution < -0.4 is 38.1 Å². The van der Waals surface area contributed by atoms with Crippen LogP contribution in [-0.4, -0.2) is 6.54 Å². The third-order valence-corrected chi connectivity index (χ3v) is 5.73. The van der Waals surface area contributed by atoms with E-state index in [0.717, 1.165) is 12.4 Å². The van der Waals surface area contributed by atoms with Crippen LogP contribution in [0.1, 0.15) is 96.8 Å². The normalized spacial score (nSPS) is 15.3. The summed E-state index contributed by atoms with van der Waals surface area (Å²) < 4.78 is 0. The van der Waals surface area contributed by atoms with Crippen molar-refractivity contribution in [2.75, 3.05) is 6.54 Å². The van der Waals surface area contributed by atoms with E-state index in [1.807, 2.05) is 0 Å². The Morgan fingerprint density at radius 2 is 1.19 bits per heavy atom. The van der Waals surface area contributed by atoms with Crippen molar-refractivity contribution in [2.24, 2.45) is 5.73 Å². The van der Waals surface area contributed by atoms with Gasteiger partial charge >= 0.3 is 0 Å². The molecule has 0 aromatic heterocycles. The van der Waals surface area contributed by atoms with Crippen LogP contribution in [-0.2, 0) is 0 Å². The topological polar surface area (TPSA) is 30.5 Å². The highest BCUT2D eigenvalue weighted by atomic mass is 79.9. The Labute approximate surface area is 177 Å². The van der Waals surface area contributed by atoms with Gasteiger partial charge in [-0.05, 0) is 25.0 Å². The lowest BCUT2D eigenvalue weighted by atomic mass is 10.0. The fourth-order valence-electron chi connectivity index (χ4n) is 4.02. The molecule has 3 heteroatoms. The van der Waals surface area contributed by atoms with Crippen molar-refractivity contribution in [3.63, 3.8) is 0 Å². The van der Waals surface area contributed by atoms with Crippen molar-refractivity contribution in [1.29, 1.82) is 0 Å². The maximum atomic E-state index is 6.29. The van der Waals surface area contributed by atoms with Gasteiger partial charge in [0.25, 0.3) is 0 Å². The molecule has 0 saturated carbocycles. The third kappa shape index (κ3) is 9.30.